The standard InChI is InChI=1S/C24H21Cl2NOS.C2H6.CH4/c1-2-15-5-7-18(23(28)11-15)21-14-29-24(19-8-6-17(25)12-22(19)26)20(21)10-16-4-3-9-27-13-16;1-2;/h3-8,11-14,27-28H,2,9-10H2,1H3;1-2H3;1H4. The van der Waals surface area contributed by atoms with Crippen molar-refractivity contribution < 1.29 is 5.11 Å². The number of hydrogen-bond donors (Lipinski definition) is 2. The van der Waals surface area contributed by atoms with E-state index < -0.39 is 0 Å². The van der Waals surface area contributed by atoms with Crippen LogP contribution in [0.5, 0.6) is 5.75 Å². The van der Waals surface area contributed by atoms with Crippen molar-refractivity contribution in [2.45, 2.75) is 41.0 Å². The largest absolute Gasteiger partial charge is 0.507 e. The molecule has 0 saturated carbocycles. The zero-order valence-electron chi connectivity index (χ0n) is 18.0. The Kier molecular flexibility index (Phi) is 9.89. The first-order valence-corrected chi connectivity index (χ1v) is 12.2. The number of hydrogen-bond acceptors (Lipinski definition) is 3. The highest BCUT2D eigenvalue weighted by molar-refractivity contribution is 7.14. The van der Waals surface area contributed by atoms with Crippen molar-refractivity contribution in [3.8, 4) is 27.3 Å². The van der Waals surface area contributed by atoms with Gasteiger partial charge in [-0.15, -0.1) is 11.3 Å². The number of benzene rings is 2. The summed E-state index contributed by atoms with van der Waals surface area (Å²) in [6, 6.07) is 11.5. The lowest BCUT2D eigenvalue weighted by molar-refractivity contribution is 0.476. The van der Waals surface area contributed by atoms with E-state index in [0.717, 1.165) is 52.1 Å². The minimum absolute atomic E-state index is 0. The molecule has 2 N–H and O–H groups in total. The Balaban J connectivity index is 0.00000118. The van der Waals surface area contributed by atoms with Gasteiger partial charge in [0.25, 0.3) is 0 Å². The number of rotatable bonds is 5. The Morgan fingerprint density at radius 1 is 1.03 bits per heavy atom. The van der Waals surface area contributed by atoms with E-state index in [0.29, 0.717) is 15.8 Å². The second kappa shape index (κ2) is 12.2. The molecule has 0 bridgehead atoms. The topological polar surface area (TPSA) is 32.3 Å². The van der Waals surface area contributed by atoms with Crippen LogP contribution in [-0.2, 0) is 12.8 Å². The molecule has 0 amide bonds. The number of phenols is 1. The molecule has 1 aliphatic heterocycles. The normalized spacial score (nSPS) is 12.2. The van der Waals surface area contributed by atoms with Gasteiger partial charge in [-0.1, -0.05) is 81.8 Å². The van der Waals surface area contributed by atoms with Crippen LogP contribution in [0.3, 0.4) is 0 Å². The first kappa shape index (κ1) is 26.1. The van der Waals surface area contributed by atoms with Gasteiger partial charge in [0.15, 0.2) is 0 Å². The first-order valence-electron chi connectivity index (χ1n) is 10.5. The smallest absolute Gasteiger partial charge is 0.123 e. The Bertz CT molecular complexity index is 1110. The molecule has 0 unspecified atom stereocenters. The van der Waals surface area contributed by atoms with Gasteiger partial charge in [-0.05, 0) is 46.7 Å². The van der Waals surface area contributed by atoms with Gasteiger partial charge in [0.2, 0.25) is 0 Å². The van der Waals surface area contributed by atoms with E-state index >= 15 is 0 Å². The zero-order valence-corrected chi connectivity index (χ0v) is 20.3. The van der Waals surface area contributed by atoms with Crippen molar-refractivity contribution in [1.82, 2.24) is 5.32 Å². The van der Waals surface area contributed by atoms with Crippen molar-refractivity contribution in [1.29, 1.82) is 0 Å². The summed E-state index contributed by atoms with van der Waals surface area (Å²) in [4.78, 5) is 1.10. The van der Waals surface area contributed by atoms with Crippen LogP contribution < -0.4 is 5.32 Å². The van der Waals surface area contributed by atoms with E-state index in [4.69, 9.17) is 23.2 Å². The lowest BCUT2D eigenvalue weighted by Gasteiger charge is -2.14. The summed E-state index contributed by atoms with van der Waals surface area (Å²) < 4.78 is 0. The van der Waals surface area contributed by atoms with Crippen molar-refractivity contribution in [2.24, 2.45) is 0 Å². The van der Waals surface area contributed by atoms with Crippen molar-refractivity contribution in [3.63, 3.8) is 0 Å². The average molecular weight is 489 g/mol. The molecule has 0 aliphatic carbocycles. The molecule has 0 fully saturated rings. The molecule has 5 heteroatoms. The van der Waals surface area contributed by atoms with Crippen molar-refractivity contribution in [3.05, 3.63) is 86.9 Å². The predicted molar refractivity (Wildman–Crippen MR) is 143 cm³/mol. The number of dihydropyridines is 1. The monoisotopic (exact) mass is 487 g/mol. The van der Waals surface area contributed by atoms with Gasteiger partial charge in [0.05, 0.1) is 5.02 Å². The Labute approximate surface area is 206 Å². The summed E-state index contributed by atoms with van der Waals surface area (Å²) >= 11 is 14.3. The molecule has 1 aromatic heterocycles. The summed E-state index contributed by atoms with van der Waals surface area (Å²) in [5, 5.41) is 17.3. The summed E-state index contributed by atoms with van der Waals surface area (Å²) in [5.74, 6) is 0.309. The van der Waals surface area contributed by atoms with Gasteiger partial charge in [-0.2, -0.15) is 0 Å². The van der Waals surface area contributed by atoms with Crippen LogP contribution in [-0.4, -0.2) is 11.7 Å². The van der Waals surface area contributed by atoms with Crippen LogP contribution in [0.2, 0.25) is 10.0 Å². The third-order valence-corrected chi connectivity index (χ3v) is 6.67. The minimum atomic E-state index is 0. The molecular formula is C27H31Cl2NOS. The van der Waals surface area contributed by atoms with Gasteiger partial charge >= 0.3 is 0 Å². The quantitative estimate of drug-likeness (QED) is 0.376. The molecule has 2 aromatic carbocycles. The van der Waals surface area contributed by atoms with Gasteiger partial charge < -0.3 is 10.4 Å². The number of nitrogens with one attached hydrogen (secondary N) is 1. The van der Waals surface area contributed by atoms with Crippen LogP contribution in [0.25, 0.3) is 21.6 Å². The fourth-order valence-corrected chi connectivity index (χ4v) is 5.23. The molecule has 32 heavy (non-hydrogen) atoms. The van der Waals surface area contributed by atoms with Crippen LogP contribution in [0.4, 0.5) is 0 Å². The van der Waals surface area contributed by atoms with E-state index in [9.17, 15) is 5.11 Å². The molecule has 0 spiro atoms. The molecule has 2 nitrogen and oxygen atoms in total. The average Bonchev–Trinajstić information content (AvgIpc) is 3.18. The highest BCUT2D eigenvalue weighted by Gasteiger charge is 2.20. The number of phenolic OH excluding ortho intramolecular Hbond substituents is 1. The Morgan fingerprint density at radius 2 is 1.78 bits per heavy atom. The molecular weight excluding hydrogens is 457 g/mol. The van der Waals surface area contributed by atoms with Crippen LogP contribution >= 0.6 is 34.5 Å². The number of allylic oxidation sites excluding steroid dienone is 2. The Morgan fingerprint density at radius 3 is 2.41 bits per heavy atom. The fraction of sp³-hybridized carbons (Fsp3) is 0.259. The summed E-state index contributed by atoms with van der Waals surface area (Å²) in [6.45, 7) is 6.93. The number of aryl methyl sites for hydroxylation is 1. The lowest BCUT2D eigenvalue weighted by atomic mass is 9.93. The van der Waals surface area contributed by atoms with E-state index in [2.05, 4.69) is 42.0 Å². The molecule has 0 saturated heterocycles. The van der Waals surface area contributed by atoms with E-state index in [1.54, 1.807) is 17.4 Å². The van der Waals surface area contributed by atoms with Gasteiger partial charge in [-0.25, -0.2) is 0 Å². The predicted octanol–water partition coefficient (Wildman–Crippen LogP) is 8.91. The lowest BCUT2D eigenvalue weighted by Crippen LogP contribution is -2.10. The number of aromatic hydroxyl groups is 1. The summed E-state index contributed by atoms with van der Waals surface area (Å²) in [6.07, 6.45) is 7.94. The van der Waals surface area contributed by atoms with Crippen molar-refractivity contribution in [2.75, 3.05) is 6.54 Å². The second-order valence-corrected chi connectivity index (χ2v) is 8.72. The molecule has 0 atom stereocenters. The molecule has 170 valence electrons. The zero-order chi connectivity index (χ0) is 22.4. The van der Waals surface area contributed by atoms with Gasteiger partial charge in [-0.3, -0.25) is 0 Å². The third-order valence-electron chi connectivity index (χ3n) is 5.07. The third kappa shape index (κ3) is 5.78. The highest BCUT2D eigenvalue weighted by Crippen LogP contribution is 2.44. The van der Waals surface area contributed by atoms with E-state index in [1.165, 1.54) is 5.57 Å². The maximum Gasteiger partial charge on any atom is 0.123 e. The number of thiophene rings is 1. The summed E-state index contributed by atoms with van der Waals surface area (Å²) in [5.41, 5.74) is 6.30. The fourth-order valence-electron chi connectivity index (χ4n) is 3.54. The van der Waals surface area contributed by atoms with Crippen LogP contribution in [0.1, 0.15) is 39.3 Å². The molecule has 2 heterocycles. The maximum absolute atomic E-state index is 10.7. The maximum atomic E-state index is 10.7. The van der Waals surface area contributed by atoms with E-state index in [-0.39, 0.29) is 7.43 Å². The number of halogens is 2. The molecule has 4 rings (SSSR count). The highest BCUT2D eigenvalue weighted by atomic mass is 35.5. The van der Waals surface area contributed by atoms with E-state index in [1.807, 2.05) is 38.1 Å². The SMILES string of the molecule is C.CC.CCc1ccc(-c2csc(-c3ccc(Cl)cc3Cl)c2CC2=CNCC=C2)c(O)c1. The van der Waals surface area contributed by atoms with Crippen LogP contribution in [0, 0.1) is 0 Å². The summed E-state index contributed by atoms with van der Waals surface area (Å²) in [7, 11) is 0. The van der Waals surface area contributed by atoms with Gasteiger partial charge in [0, 0.05) is 45.8 Å². The molecule has 3 aromatic rings. The molecule has 1 aliphatic rings. The minimum Gasteiger partial charge on any atom is -0.507 e. The Hall–Kier alpha value is -2.20. The van der Waals surface area contributed by atoms with Crippen LogP contribution in [0.15, 0.2) is 65.7 Å². The first-order chi connectivity index (χ1) is 15.1. The van der Waals surface area contributed by atoms with Crippen molar-refractivity contribution >= 4 is 34.5 Å². The second-order valence-electron chi connectivity index (χ2n) is 6.99. The molecule has 0 radical (unpaired) electrons. The van der Waals surface area contributed by atoms with Gasteiger partial charge in [0.1, 0.15) is 5.75 Å².